The molecule has 21 heavy (non-hydrogen) atoms. The third kappa shape index (κ3) is 3.24. The average molecular weight is 322 g/mol. The SMILES string of the molecule is COC(=O)c1ccc(C(F)(F)C(F)(F)F)c(C(F)(F)F)c1. The van der Waals surface area contributed by atoms with Crippen LogP contribution in [0.15, 0.2) is 18.2 Å². The first kappa shape index (κ1) is 17.2. The summed E-state index contributed by atoms with van der Waals surface area (Å²) >= 11 is 0. The Kier molecular flexibility index (Phi) is 4.22. The van der Waals surface area contributed by atoms with Crippen molar-refractivity contribution in [1.29, 1.82) is 0 Å². The molecule has 2 nitrogen and oxygen atoms in total. The smallest absolute Gasteiger partial charge is 0.458 e. The van der Waals surface area contributed by atoms with Crippen LogP contribution in [0, 0.1) is 0 Å². The van der Waals surface area contributed by atoms with Crippen LogP contribution in [0.5, 0.6) is 0 Å². The number of carbonyl (C=O) groups excluding carboxylic acids is 1. The number of ether oxygens (including phenoxy) is 1. The van der Waals surface area contributed by atoms with E-state index >= 15 is 0 Å². The van der Waals surface area contributed by atoms with Gasteiger partial charge in [-0.2, -0.15) is 35.1 Å². The molecule has 0 N–H and O–H groups in total. The highest BCUT2D eigenvalue weighted by atomic mass is 19.4. The van der Waals surface area contributed by atoms with Crippen molar-refractivity contribution in [3.8, 4) is 0 Å². The molecular weight excluding hydrogens is 316 g/mol. The Morgan fingerprint density at radius 3 is 1.86 bits per heavy atom. The first-order chi connectivity index (χ1) is 9.32. The summed E-state index contributed by atoms with van der Waals surface area (Å²) in [7, 11) is 0.813. The van der Waals surface area contributed by atoms with Gasteiger partial charge in [0, 0.05) is 5.56 Å². The normalized spacial score (nSPS) is 13.2. The Morgan fingerprint density at radius 1 is 0.952 bits per heavy atom. The molecule has 1 aromatic carbocycles. The Labute approximate surface area is 112 Å². The molecule has 0 unspecified atom stereocenters. The number of benzene rings is 1. The molecule has 0 aliphatic carbocycles. The minimum atomic E-state index is -6.21. The molecular formula is C11H6F8O2. The van der Waals surface area contributed by atoms with E-state index in [4.69, 9.17) is 0 Å². The van der Waals surface area contributed by atoms with Crippen LogP contribution in [0.25, 0.3) is 0 Å². The second-order valence-electron chi connectivity index (χ2n) is 3.82. The van der Waals surface area contributed by atoms with Gasteiger partial charge in [-0.3, -0.25) is 0 Å². The Balaban J connectivity index is 3.58. The fourth-order valence-electron chi connectivity index (χ4n) is 1.45. The van der Waals surface area contributed by atoms with E-state index in [9.17, 15) is 39.9 Å². The standard InChI is InChI=1S/C11H6F8O2/c1-21-8(20)5-2-3-6(7(4-5)10(14,15)16)9(12,13)11(17,18)19/h2-4H,1H3. The lowest BCUT2D eigenvalue weighted by Gasteiger charge is -2.23. The number of alkyl halides is 8. The van der Waals surface area contributed by atoms with E-state index in [2.05, 4.69) is 4.74 Å². The summed E-state index contributed by atoms with van der Waals surface area (Å²) in [5.74, 6) is -7.02. The van der Waals surface area contributed by atoms with Gasteiger partial charge in [0.15, 0.2) is 0 Å². The number of rotatable bonds is 2. The summed E-state index contributed by atoms with van der Waals surface area (Å²) in [6, 6.07) is 0.194. The van der Waals surface area contributed by atoms with Gasteiger partial charge >= 0.3 is 24.2 Å². The van der Waals surface area contributed by atoms with Gasteiger partial charge in [-0.15, -0.1) is 0 Å². The van der Waals surface area contributed by atoms with Crippen LogP contribution in [-0.4, -0.2) is 19.3 Å². The third-order valence-electron chi connectivity index (χ3n) is 2.44. The van der Waals surface area contributed by atoms with E-state index in [-0.39, 0.29) is 12.1 Å². The maximum atomic E-state index is 13.1. The van der Waals surface area contributed by atoms with Gasteiger partial charge in [-0.05, 0) is 12.1 Å². The van der Waals surface area contributed by atoms with E-state index in [0.717, 1.165) is 7.11 Å². The van der Waals surface area contributed by atoms with Gasteiger partial charge in [0.05, 0.1) is 18.2 Å². The van der Waals surface area contributed by atoms with E-state index in [1.165, 1.54) is 0 Å². The van der Waals surface area contributed by atoms with Crippen molar-refractivity contribution in [3.05, 3.63) is 34.9 Å². The summed E-state index contributed by atoms with van der Waals surface area (Å²) in [6.07, 6.45) is -11.7. The fraction of sp³-hybridized carbons (Fsp3) is 0.364. The minimum absolute atomic E-state index is 0.0947. The summed E-state index contributed by atoms with van der Waals surface area (Å²) in [6.45, 7) is 0. The van der Waals surface area contributed by atoms with Gasteiger partial charge in [0.1, 0.15) is 0 Å². The number of hydrogen-bond donors (Lipinski definition) is 0. The molecule has 0 atom stereocenters. The van der Waals surface area contributed by atoms with Crippen molar-refractivity contribution in [3.63, 3.8) is 0 Å². The zero-order chi connectivity index (χ0) is 16.6. The molecule has 0 amide bonds. The van der Waals surface area contributed by atoms with Crippen LogP contribution in [0.2, 0.25) is 0 Å². The summed E-state index contributed by atoms with van der Waals surface area (Å²) in [4.78, 5) is 11.1. The number of methoxy groups -OCH3 is 1. The van der Waals surface area contributed by atoms with E-state index < -0.39 is 40.9 Å². The van der Waals surface area contributed by atoms with Gasteiger partial charge in [0.25, 0.3) is 0 Å². The predicted octanol–water partition coefficient (Wildman–Crippen LogP) is 4.15. The van der Waals surface area contributed by atoms with E-state index in [1.807, 2.05) is 0 Å². The summed E-state index contributed by atoms with van der Waals surface area (Å²) in [5, 5.41) is 0. The molecule has 0 aromatic heterocycles. The minimum Gasteiger partial charge on any atom is -0.465 e. The van der Waals surface area contributed by atoms with Crippen LogP contribution in [-0.2, 0) is 16.8 Å². The lowest BCUT2D eigenvalue weighted by molar-refractivity contribution is -0.291. The predicted molar refractivity (Wildman–Crippen MR) is 52.7 cm³/mol. The molecule has 0 bridgehead atoms. The lowest BCUT2D eigenvalue weighted by Crippen LogP contribution is -2.35. The molecule has 0 heterocycles. The first-order valence-corrected chi connectivity index (χ1v) is 5.07. The molecule has 118 valence electrons. The Morgan fingerprint density at radius 2 is 1.48 bits per heavy atom. The zero-order valence-corrected chi connectivity index (χ0v) is 10.1. The number of carbonyl (C=O) groups is 1. The van der Waals surface area contributed by atoms with Crippen molar-refractivity contribution in [2.75, 3.05) is 7.11 Å². The molecule has 0 spiro atoms. The molecule has 1 rings (SSSR count). The molecule has 0 aliphatic rings. The van der Waals surface area contributed by atoms with Crippen LogP contribution in [0.3, 0.4) is 0 Å². The highest BCUT2D eigenvalue weighted by Crippen LogP contribution is 2.48. The molecule has 0 aliphatic heterocycles. The number of hydrogen-bond acceptors (Lipinski definition) is 2. The summed E-state index contributed by atoms with van der Waals surface area (Å²) in [5.41, 5.74) is -5.34. The molecule has 0 saturated carbocycles. The Bertz CT molecular complexity index is 544. The van der Waals surface area contributed by atoms with Gasteiger partial charge < -0.3 is 4.74 Å². The molecule has 10 heteroatoms. The molecule has 0 fully saturated rings. The third-order valence-corrected chi connectivity index (χ3v) is 2.44. The van der Waals surface area contributed by atoms with Crippen molar-refractivity contribution < 1.29 is 44.7 Å². The highest BCUT2D eigenvalue weighted by molar-refractivity contribution is 5.89. The van der Waals surface area contributed by atoms with Crippen molar-refractivity contribution in [2.45, 2.75) is 18.3 Å². The molecule has 0 radical (unpaired) electrons. The maximum absolute atomic E-state index is 13.1. The van der Waals surface area contributed by atoms with Crippen molar-refractivity contribution in [1.82, 2.24) is 0 Å². The summed E-state index contributed by atoms with van der Waals surface area (Å²) < 4.78 is 105. The van der Waals surface area contributed by atoms with Crippen molar-refractivity contribution >= 4 is 5.97 Å². The van der Waals surface area contributed by atoms with Crippen LogP contribution >= 0.6 is 0 Å². The second-order valence-corrected chi connectivity index (χ2v) is 3.82. The second kappa shape index (κ2) is 5.15. The number of esters is 1. The first-order valence-electron chi connectivity index (χ1n) is 5.07. The van der Waals surface area contributed by atoms with E-state index in [1.54, 1.807) is 0 Å². The Hall–Kier alpha value is -1.87. The largest absolute Gasteiger partial charge is 0.465 e. The van der Waals surface area contributed by atoms with E-state index in [0.29, 0.717) is 6.07 Å². The van der Waals surface area contributed by atoms with Crippen molar-refractivity contribution in [2.24, 2.45) is 0 Å². The van der Waals surface area contributed by atoms with Crippen LogP contribution in [0.4, 0.5) is 35.1 Å². The monoisotopic (exact) mass is 322 g/mol. The fourth-order valence-corrected chi connectivity index (χ4v) is 1.45. The van der Waals surface area contributed by atoms with Crippen LogP contribution < -0.4 is 0 Å². The maximum Gasteiger partial charge on any atom is 0.458 e. The van der Waals surface area contributed by atoms with Gasteiger partial charge in [-0.1, -0.05) is 6.07 Å². The topological polar surface area (TPSA) is 26.3 Å². The molecule has 0 saturated heterocycles. The highest BCUT2D eigenvalue weighted by Gasteiger charge is 2.61. The van der Waals surface area contributed by atoms with Gasteiger partial charge in [-0.25, -0.2) is 4.79 Å². The van der Waals surface area contributed by atoms with Crippen LogP contribution in [0.1, 0.15) is 21.5 Å². The molecule has 1 aromatic rings. The average Bonchev–Trinajstić information content (AvgIpc) is 2.34. The number of halogens is 8. The quantitative estimate of drug-likeness (QED) is 0.604. The lowest BCUT2D eigenvalue weighted by atomic mass is 9.98. The zero-order valence-electron chi connectivity index (χ0n) is 10.1. The van der Waals surface area contributed by atoms with Gasteiger partial charge in [0.2, 0.25) is 0 Å².